The first-order valence-corrected chi connectivity index (χ1v) is 9.04. The van der Waals surface area contributed by atoms with Gasteiger partial charge in [0.05, 0.1) is 11.3 Å². The number of fused-ring (bicyclic) bond motifs is 2. The Balaban J connectivity index is 1.47. The Morgan fingerprint density at radius 2 is 2.08 bits per heavy atom. The van der Waals surface area contributed by atoms with Gasteiger partial charge in [-0.15, -0.1) is 0 Å². The number of hydrogen-bond acceptors (Lipinski definition) is 7. The fourth-order valence-electron chi connectivity index (χ4n) is 2.62. The highest BCUT2D eigenvalue weighted by molar-refractivity contribution is 7.22. The van der Waals surface area contributed by atoms with Crippen LogP contribution in [0.15, 0.2) is 36.4 Å². The average molecular weight is 371 g/mol. The molecule has 2 aromatic carbocycles. The molecule has 0 aliphatic carbocycles. The first-order chi connectivity index (χ1) is 12.7. The van der Waals surface area contributed by atoms with Gasteiger partial charge in [0.25, 0.3) is 5.91 Å². The normalized spacial score (nSPS) is 12.7. The number of carbonyl (C=O) groups excluding carboxylic acids is 1. The van der Waals surface area contributed by atoms with Crippen molar-refractivity contribution in [2.75, 3.05) is 25.2 Å². The summed E-state index contributed by atoms with van der Waals surface area (Å²) in [6.45, 7) is 3.49. The van der Waals surface area contributed by atoms with Crippen LogP contribution in [-0.4, -0.2) is 30.7 Å². The summed E-state index contributed by atoms with van der Waals surface area (Å²) in [5, 5.41) is 0.582. The zero-order valence-electron chi connectivity index (χ0n) is 14.1. The molecule has 1 aromatic heterocycles. The van der Waals surface area contributed by atoms with Gasteiger partial charge in [0, 0.05) is 5.56 Å². The maximum atomic E-state index is 12.4. The Bertz CT molecular complexity index is 957. The molecule has 2 N–H and O–H groups in total. The van der Waals surface area contributed by atoms with Crippen LogP contribution >= 0.6 is 11.3 Å². The van der Waals surface area contributed by atoms with Crippen LogP contribution in [0.4, 0.5) is 5.13 Å². The third-order valence-electron chi connectivity index (χ3n) is 3.77. The lowest BCUT2D eigenvalue weighted by atomic mass is 10.2. The van der Waals surface area contributed by atoms with Crippen LogP contribution in [0.1, 0.15) is 17.3 Å². The van der Waals surface area contributed by atoms with Gasteiger partial charge in [0.2, 0.25) is 5.13 Å². The Labute approximate surface area is 153 Å². The minimum atomic E-state index is -0.286. The third-order valence-corrected chi connectivity index (χ3v) is 4.71. The van der Waals surface area contributed by atoms with Crippen molar-refractivity contribution in [1.82, 2.24) is 10.4 Å². The van der Waals surface area contributed by atoms with E-state index in [-0.39, 0.29) is 5.91 Å². The van der Waals surface area contributed by atoms with Crippen molar-refractivity contribution in [1.29, 1.82) is 0 Å². The van der Waals surface area contributed by atoms with E-state index < -0.39 is 0 Å². The molecule has 3 aromatic rings. The second-order valence-corrected chi connectivity index (χ2v) is 6.52. The number of nitrogens with one attached hydrogen (secondary N) is 2. The molecular weight excluding hydrogens is 354 g/mol. The van der Waals surface area contributed by atoms with Crippen LogP contribution in [0.5, 0.6) is 17.2 Å². The van der Waals surface area contributed by atoms with Gasteiger partial charge >= 0.3 is 0 Å². The molecule has 0 saturated carbocycles. The van der Waals surface area contributed by atoms with Crippen molar-refractivity contribution in [3.63, 3.8) is 0 Å². The van der Waals surface area contributed by atoms with Gasteiger partial charge in [-0.1, -0.05) is 17.4 Å². The molecule has 1 aliphatic heterocycles. The van der Waals surface area contributed by atoms with Crippen molar-refractivity contribution < 1.29 is 19.0 Å². The summed E-state index contributed by atoms with van der Waals surface area (Å²) in [6, 6.07) is 10.8. The number of para-hydroxylation sites is 1. The fourth-order valence-corrected chi connectivity index (χ4v) is 3.45. The molecule has 0 atom stereocenters. The van der Waals surface area contributed by atoms with Gasteiger partial charge in [0.15, 0.2) is 11.5 Å². The van der Waals surface area contributed by atoms with Crippen molar-refractivity contribution in [3.8, 4) is 17.2 Å². The second-order valence-electron chi connectivity index (χ2n) is 5.49. The number of thiazole rings is 1. The van der Waals surface area contributed by atoms with Crippen molar-refractivity contribution in [2.24, 2.45) is 0 Å². The standard InChI is InChI=1S/C18H17N3O4S/c1-2-23-13-4-3-5-15-16(13)19-18(26-15)21-20-17(22)11-6-7-12-14(10-11)25-9-8-24-12/h3-7,10H,2,8-9H2,1H3,(H,19,21)(H,20,22). The van der Waals surface area contributed by atoms with E-state index in [9.17, 15) is 4.79 Å². The number of aromatic nitrogens is 1. The molecular formula is C18H17N3O4S. The number of rotatable bonds is 5. The minimum absolute atomic E-state index is 0.286. The van der Waals surface area contributed by atoms with Crippen LogP contribution in [0.3, 0.4) is 0 Å². The Hall–Kier alpha value is -3.00. The lowest BCUT2D eigenvalue weighted by molar-refractivity contribution is 0.0961. The summed E-state index contributed by atoms with van der Waals surface area (Å²) in [5.41, 5.74) is 6.76. The van der Waals surface area contributed by atoms with E-state index in [1.165, 1.54) is 11.3 Å². The molecule has 7 nitrogen and oxygen atoms in total. The summed E-state index contributed by atoms with van der Waals surface area (Å²) in [6.07, 6.45) is 0. The molecule has 4 rings (SSSR count). The first-order valence-electron chi connectivity index (χ1n) is 8.23. The van der Waals surface area contributed by atoms with Gasteiger partial charge in [-0.25, -0.2) is 4.98 Å². The largest absolute Gasteiger partial charge is 0.492 e. The van der Waals surface area contributed by atoms with E-state index in [0.29, 0.717) is 42.0 Å². The lowest BCUT2D eigenvalue weighted by Gasteiger charge is -2.18. The van der Waals surface area contributed by atoms with Crippen molar-refractivity contribution in [2.45, 2.75) is 6.92 Å². The highest BCUT2D eigenvalue weighted by Crippen LogP contribution is 2.32. The Kier molecular flexibility index (Phi) is 4.49. The fraction of sp³-hybridized carbons (Fsp3) is 0.222. The molecule has 8 heteroatoms. The average Bonchev–Trinajstić information content (AvgIpc) is 3.10. The number of ether oxygens (including phenoxy) is 3. The number of nitrogens with zero attached hydrogens (tertiary/aromatic N) is 1. The van der Waals surface area contributed by atoms with Crippen molar-refractivity contribution >= 4 is 32.6 Å². The highest BCUT2D eigenvalue weighted by Gasteiger charge is 2.15. The van der Waals surface area contributed by atoms with Gasteiger partial charge in [-0.3, -0.25) is 15.6 Å². The van der Waals surface area contributed by atoms with E-state index in [0.717, 1.165) is 16.0 Å². The van der Waals surface area contributed by atoms with Crippen molar-refractivity contribution in [3.05, 3.63) is 42.0 Å². The molecule has 134 valence electrons. The predicted octanol–water partition coefficient (Wildman–Crippen LogP) is 3.22. The first kappa shape index (κ1) is 16.5. The van der Waals surface area contributed by atoms with Gasteiger partial charge in [0.1, 0.15) is 24.5 Å². The Morgan fingerprint density at radius 3 is 2.92 bits per heavy atom. The van der Waals surface area contributed by atoms with Crippen LogP contribution in [0, 0.1) is 0 Å². The smallest absolute Gasteiger partial charge is 0.269 e. The lowest BCUT2D eigenvalue weighted by Crippen LogP contribution is -2.29. The molecule has 1 aliphatic rings. The van der Waals surface area contributed by atoms with Gasteiger partial charge in [-0.05, 0) is 37.3 Å². The summed E-state index contributed by atoms with van der Waals surface area (Å²) in [5.74, 6) is 1.67. The van der Waals surface area contributed by atoms with E-state index in [2.05, 4.69) is 15.8 Å². The maximum absolute atomic E-state index is 12.4. The van der Waals surface area contributed by atoms with Crippen LogP contribution in [0.2, 0.25) is 0 Å². The number of carbonyl (C=O) groups is 1. The van der Waals surface area contributed by atoms with Gasteiger partial charge < -0.3 is 14.2 Å². The molecule has 0 unspecified atom stereocenters. The molecule has 2 heterocycles. The third kappa shape index (κ3) is 3.23. The minimum Gasteiger partial charge on any atom is -0.492 e. The van der Waals surface area contributed by atoms with E-state index >= 15 is 0 Å². The number of benzene rings is 2. The molecule has 0 radical (unpaired) electrons. The maximum Gasteiger partial charge on any atom is 0.269 e. The summed E-state index contributed by atoms with van der Waals surface area (Å²) >= 11 is 1.44. The quantitative estimate of drug-likeness (QED) is 0.670. The number of anilines is 1. The molecule has 0 saturated heterocycles. The number of hydrazine groups is 1. The monoisotopic (exact) mass is 371 g/mol. The zero-order chi connectivity index (χ0) is 17.9. The molecule has 1 amide bonds. The summed E-state index contributed by atoms with van der Waals surface area (Å²) in [4.78, 5) is 16.9. The number of hydrogen-bond donors (Lipinski definition) is 2. The zero-order valence-corrected chi connectivity index (χ0v) is 14.9. The second kappa shape index (κ2) is 7.09. The molecule has 0 spiro atoms. The predicted molar refractivity (Wildman–Crippen MR) is 99.3 cm³/mol. The van der Waals surface area contributed by atoms with Gasteiger partial charge in [-0.2, -0.15) is 0 Å². The molecule has 26 heavy (non-hydrogen) atoms. The van der Waals surface area contributed by atoms with Crippen LogP contribution in [-0.2, 0) is 0 Å². The van der Waals surface area contributed by atoms with E-state index in [1.54, 1.807) is 18.2 Å². The topological polar surface area (TPSA) is 81.7 Å². The number of amides is 1. The van der Waals surface area contributed by atoms with E-state index in [1.807, 2.05) is 25.1 Å². The molecule has 0 bridgehead atoms. The SMILES string of the molecule is CCOc1cccc2sc(NNC(=O)c3ccc4c(c3)OCCO4)nc12. The summed E-state index contributed by atoms with van der Waals surface area (Å²) < 4.78 is 17.5. The van der Waals surface area contributed by atoms with E-state index in [4.69, 9.17) is 14.2 Å². The van der Waals surface area contributed by atoms with Crippen LogP contribution in [0.25, 0.3) is 10.2 Å². The van der Waals surface area contributed by atoms with Crippen LogP contribution < -0.4 is 25.1 Å². The highest BCUT2D eigenvalue weighted by atomic mass is 32.1. The summed E-state index contributed by atoms with van der Waals surface area (Å²) in [7, 11) is 0. The Morgan fingerprint density at radius 1 is 1.23 bits per heavy atom. The molecule has 0 fully saturated rings.